The van der Waals surface area contributed by atoms with Crippen LogP contribution < -0.4 is 22.1 Å². The van der Waals surface area contributed by atoms with E-state index in [1.54, 1.807) is 30.6 Å². The largest absolute Gasteiger partial charge is 0.480 e. The first-order valence-corrected chi connectivity index (χ1v) is 24.8. The Balaban J connectivity index is 0.000000164. The third-order valence-corrected chi connectivity index (χ3v) is 19.6. The number of nitrogens with zero attached hydrogens (tertiary/aromatic N) is 2. The maximum Gasteiger partial charge on any atom is 0.457 e. The van der Waals surface area contributed by atoms with Crippen molar-refractivity contribution in [3.63, 3.8) is 0 Å². The molecule has 0 radical (unpaired) electrons. The Labute approximate surface area is 391 Å². The van der Waals surface area contributed by atoms with Gasteiger partial charge in [0.05, 0.1) is 36.0 Å². The number of aliphatic hydroxyl groups excluding tert-OH is 2. The molecule has 6 saturated carbocycles. The average molecular weight is 933 g/mol. The van der Waals surface area contributed by atoms with Gasteiger partial charge in [0.15, 0.2) is 0 Å². The fourth-order valence-electron chi connectivity index (χ4n) is 15.2. The Morgan fingerprint density at radius 2 is 1.35 bits per heavy atom. The van der Waals surface area contributed by atoms with Crippen molar-refractivity contribution in [2.45, 2.75) is 185 Å². The van der Waals surface area contributed by atoms with E-state index in [4.69, 9.17) is 30.8 Å². The predicted molar refractivity (Wildman–Crippen MR) is 247 cm³/mol. The summed E-state index contributed by atoms with van der Waals surface area (Å²) >= 11 is 0. The van der Waals surface area contributed by atoms with Crippen LogP contribution in [-0.2, 0) is 23.7 Å². The van der Waals surface area contributed by atoms with E-state index in [-0.39, 0.29) is 49.6 Å². The van der Waals surface area contributed by atoms with E-state index >= 15 is 0 Å². The number of carboxylic acids is 2. The van der Waals surface area contributed by atoms with Gasteiger partial charge < -0.3 is 66.6 Å². The second-order valence-electron chi connectivity index (χ2n) is 23.9. The highest BCUT2D eigenvalue weighted by Gasteiger charge is 2.69. The van der Waals surface area contributed by atoms with Crippen molar-refractivity contribution in [1.82, 2.24) is 20.4 Å². The van der Waals surface area contributed by atoms with Crippen LogP contribution in [0.1, 0.15) is 120 Å². The molecule has 1 unspecified atom stereocenters. The summed E-state index contributed by atoms with van der Waals surface area (Å²) in [6.07, 6.45) is 7.95. The second kappa shape index (κ2) is 18.0. The summed E-state index contributed by atoms with van der Waals surface area (Å²) in [4.78, 5) is 40.3. The van der Waals surface area contributed by atoms with Crippen LogP contribution >= 0.6 is 0 Å². The summed E-state index contributed by atoms with van der Waals surface area (Å²) < 4.78 is 12.9. The fraction of sp³-hybridized carbons (Fsp3) is 0.935. The number of carbonyl (C=O) groups is 3. The molecule has 5 heterocycles. The highest BCUT2D eigenvalue weighted by Crippen LogP contribution is 2.66. The van der Waals surface area contributed by atoms with Crippen LogP contribution in [0.5, 0.6) is 0 Å². The monoisotopic (exact) mass is 933 g/mol. The first kappa shape index (κ1) is 51.9. The van der Waals surface area contributed by atoms with Crippen molar-refractivity contribution < 1.29 is 59.3 Å². The van der Waals surface area contributed by atoms with Gasteiger partial charge >= 0.3 is 26.2 Å². The lowest BCUT2D eigenvalue weighted by Gasteiger charge is -2.64. The molecule has 5 saturated heterocycles. The van der Waals surface area contributed by atoms with Crippen LogP contribution in [0.15, 0.2) is 0 Å². The van der Waals surface area contributed by atoms with Crippen molar-refractivity contribution >= 4 is 32.1 Å². The number of hydrogen-bond acceptors (Lipinski definition) is 15. The summed E-state index contributed by atoms with van der Waals surface area (Å²) in [6.45, 7) is 19.0. The number of aliphatic hydroxyl groups is 3. The summed E-state index contributed by atoms with van der Waals surface area (Å²) in [5.74, 6) is 0.199. The number of nitrogens with two attached hydrogens (primary N) is 2. The van der Waals surface area contributed by atoms with Crippen LogP contribution in [0.25, 0.3) is 0 Å². The molecule has 11 rings (SSSR count). The molecule has 5 aliphatic heterocycles. The molecule has 1 amide bonds. The zero-order valence-electron chi connectivity index (χ0n) is 40.8. The Kier molecular flexibility index (Phi) is 14.2. The number of carbonyl (C=O) groups excluding carboxylic acids is 1. The first-order valence-electron chi connectivity index (χ1n) is 24.8. The second-order valence-corrected chi connectivity index (χ2v) is 23.9. The number of amides is 1. The third-order valence-electron chi connectivity index (χ3n) is 19.6. The molecule has 0 aromatic carbocycles. The van der Waals surface area contributed by atoms with Gasteiger partial charge in [-0.05, 0) is 139 Å². The maximum absolute atomic E-state index is 12.6. The SMILES string of the molecule is CC1(C)[C@@H]2C[C@@H](O)[C@@](C)(O)[C@H]1C2.C[C@H](N)C(=O)N1C[C@@]2(CCCB3O[C@@H]4C[C@@H]5C[C@@H](C5(C)C)[C@]4(C)O3)CCN[C@@]2(C(=O)O)C1.C[C@H](N)C(O)N1C[C@@]2(CCCB(O)O)CCN[C@@]2(C(=O)O)C1. The lowest BCUT2D eigenvalue weighted by atomic mass is 9.43. The Bertz CT molecular complexity index is 1830. The molecule has 4 bridgehead atoms. The highest BCUT2D eigenvalue weighted by atomic mass is 16.7. The summed E-state index contributed by atoms with van der Waals surface area (Å²) in [5, 5.41) is 74.2. The molecule has 15 atom stereocenters. The van der Waals surface area contributed by atoms with Crippen LogP contribution in [0, 0.1) is 45.3 Å². The van der Waals surface area contributed by atoms with Crippen LogP contribution in [0.2, 0.25) is 12.6 Å². The minimum absolute atomic E-state index is 0.166. The summed E-state index contributed by atoms with van der Waals surface area (Å²) in [6, 6.07) is -1.10. The Morgan fingerprint density at radius 1 is 0.803 bits per heavy atom. The van der Waals surface area contributed by atoms with E-state index < -0.39 is 71.0 Å². The smallest absolute Gasteiger partial charge is 0.457 e. The molecule has 0 spiro atoms. The number of aliphatic carboxylic acids is 2. The minimum atomic E-state index is -1.38. The highest BCUT2D eigenvalue weighted by molar-refractivity contribution is 6.45. The molecule has 6 aliphatic carbocycles. The molecule has 11 fully saturated rings. The number of hydrogen-bond donors (Lipinski definition) is 11. The van der Waals surface area contributed by atoms with Gasteiger partial charge in [-0.2, -0.15) is 0 Å². The van der Waals surface area contributed by atoms with E-state index in [0.29, 0.717) is 68.6 Å². The fourth-order valence-corrected chi connectivity index (χ4v) is 15.2. The van der Waals surface area contributed by atoms with E-state index in [1.807, 2.05) is 0 Å². The van der Waals surface area contributed by atoms with Gasteiger partial charge in [0.1, 0.15) is 17.3 Å². The molecule has 374 valence electrons. The summed E-state index contributed by atoms with van der Waals surface area (Å²) in [5.41, 5.74) is 7.85. The number of carboxylic acid groups (broad SMARTS) is 2. The van der Waals surface area contributed by atoms with Crippen molar-refractivity contribution in [2.75, 3.05) is 39.3 Å². The molecule has 0 aromatic heterocycles. The van der Waals surface area contributed by atoms with Gasteiger partial charge in [-0.1, -0.05) is 40.5 Å². The van der Waals surface area contributed by atoms with Crippen molar-refractivity contribution in [3.05, 3.63) is 0 Å². The normalized spacial score (nSPS) is 43.4. The zero-order chi connectivity index (χ0) is 48.8. The molecule has 18 nitrogen and oxygen atoms in total. The number of likely N-dealkylation sites (tertiary alicyclic amines) is 2. The average Bonchev–Trinajstić information content (AvgIpc) is 4.00. The third kappa shape index (κ3) is 8.29. The predicted octanol–water partition coefficient (Wildman–Crippen LogP) is 0.675. The quantitative estimate of drug-likeness (QED) is 0.113. The molecule has 0 aromatic rings. The lowest BCUT2D eigenvalue weighted by molar-refractivity contribution is -0.245. The topological polar surface area (TPSA) is 294 Å². The van der Waals surface area contributed by atoms with E-state index in [2.05, 4.69) is 45.3 Å². The van der Waals surface area contributed by atoms with Gasteiger partial charge in [0.25, 0.3) is 0 Å². The maximum atomic E-state index is 12.6. The molecule has 66 heavy (non-hydrogen) atoms. The van der Waals surface area contributed by atoms with Gasteiger partial charge in [0.2, 0.25) is 5.91 Å². The minimum Gasteiger partial charge on any atom is -0.480 e. The molecule has 20 heteroatoms. The van der Waals surface area contributed by atoms with Gasteiger partial charge in [-0.25, -0.2) is 0 Å². The Hall–Kier alpha value is -1.94. The molecular weight excluding hydrogens is 850 g/mol. The van der Waals surface area contributed by atoms with Crippen LogP contribution in [0.3, 0.4) is 0 Å². The van der Waals surface area contributed by atoms with E-state index in [1.165, 1.54) is 6.42 Å². The van der Waals surface area contributed by atoms with Gasteiger partial charge in [-0.3, -0.25) is 24.6 Å². The number of rotatable bonds is 13. The standard InChI is InChI=1S/C23H38BN3O5.C13H26BN3O5.C10H18O2/c1-14(25)18(28)27-12-22(7-9-26-23(22,13-27)19(29)30)6-5-8-24-31-17-11-15-10-16(20(15,2)3)21(17,4)32-24;1-9(15)10(18)17-7-12(3-2-5-14(21)22)4-6-16-13(12,8-17)11(19)20;1-9(2)6-4-7(9)10(3,12)8(11)5-6/h14-17,26H,5-13,25H2,1-4H3,(H,29,30);9-10,16,18,21-22H,2-8,15H2,1H3,(H,19,20);6-8,11-12H,4-5H2,1-3H3/t14-,15-,16-,17+,21-,22+,23+;9-,10?,12+,13+;6-,7-,8+,10-/m000/s1. The van der Waals surface area contributed by atoms with E-state index in [0.717, 1.165) is 50.8 Å². The van der Waals surface area contributed by atoms with Gasteiger partial charge in [-0.15, -0.1) is 0 Å². The molecule has 11 aliphatic rings. The molecular formula is C46H82B2N6O12. The van der Waals surface area contributed by atoms with Crippen molar-refractivity contribution in [2.24, 2.45) is 56.8 Å². The zero-order valence-corrected chi connectivity index (χ0v) is 40.8. The van der Waals surface area contributed by atoms with Gasteiger partial charge in [0, 0.05) is 36.5 Å². The molecule has 13 N–H and O–H groups in total. The first-order chi connectivity index (χ1) is 30.6. The van der Waals surface area contributed by atoms with Crippen molar-refractivity contribution in [3.8, 4) is 0 Å². The van der Waals surface area contributed by atoms with Crippen LogP contribution in [-0.4, -0.2) is 170 Å². The number of fused-ring (bicyclic) bond motifs is 4. The van der Waals surface area contributed by atoms with Crippen molar-refractivity contribution in [1.29, 1.82) is 0 Å². The number of nitrogens with one attached hydrogen (secondary N) is 2. The van der Waals surface area contributed by atoms with E-state index in [9.17, 15) is 39.9 Å². The lowest BCUT2D eigenvalue weighted by Crippen LogP contribution is -2.66. The Morgan fingerprint density at radius 3 is 1.86 bits per heavy atom. The van der Waals surface area contributed by atoms with Crippen LogP contribution in [0.4, 0.5) is 0 Å². The summed E-state index contributed by atoms with van der Waals surface area (Å²) in [7, 11) is -1.61.